The van der Waals surface area contributed by atoms with Gasteiger partial charge in [0.15, 0.2) is 0 Å². The molecule has 0 aliphatic rings. The lowest BCUT2D eigenvalue weighted by molar-refractivity contribution is -0.136. The topological polar surface area (TPSA) is 102 Å². The van der Waals surface area contributed by atoms with Crippen LogP contribution in [0.1, 0.15) is 5.69 Å². The van der Waals surface area contributed by atoms with E-state index in [1.165, 1.54) is 0 Å². The molecule has 0 aliphatic heterocycles. The van der Waals surface area contributed by atoms with Crippen LogP contribution in [0.4, 0.5) is 5.69 Å². The zero-order chi connectivity index (χ0) is 12.1. The van der Waals surface area contributed by atoms with Crippen LogP contribution < -0.4 is 16.4 Å². The number of carbonyl (C=O) groups excluding carboxylic acids is 2. The first kappa shape index (κ1) is 12.2. The molecule has 7 nitrogen and oxygen atoms in total. The van der Waals surface area contributed by atoms with Crippen LogP contribution in [0, 0.1) is 6.92 Å². The van der Waals surface area contributed by atoms with Gasteiger partial charge in [0.05, 0.1) is 11.4 Å². The molecule has 0 bridgehead atoms. The molecule has 0 unspecified atom stereocenters. The Hall–Kier alpha value is -1.89. The zero-order valence-electron chi connectivity index (χ0n) is 9.28. The Balaban J connectivity index is 2.57. The van der Waals surface area contributed by atoms with Crippen molar-refractivity contribution in [3.05, 3.63) is 11.9 Å². The molecule has 0 aliphatic carbocycles. The number of hydrogen-bond acceptors (Lipinski definition) is 4. The first-order valence-corrected chi connectivity index (χ1v) is 4.84. The Bertz CT molecular complexity index is 399. The van der Waals surface area contributed by atoms with E-state index in [0.29, 0.717) is 17.9 Å². The van der Waals surface area contributed by atoms with Crippen molar-refractivity contribution in [2.24, 2.45) is 12.8 Å². The monoisotopic (exact) mass is 225 g/mol. The lowest BCUT2D eigenvalue weighted by Gasteiger charge is -2.03. The molecule has 1 heterocycles. The van der Waals surface area contributed by atoms with Crippen LogP contribution in [0.2, 0.25) is 0 Å². The fraction of sp³-hybridized carbons (Fsp3) is 0.444. The second-order valence-corrected chi connectivity index (χ2v) is 3.30. The number of aryl methyl sites for hydroxylation is 2. The van der Waals surface area contributed by atoms with Gasteiger partial charge in [0, 0.05) is 26.3 Å². The predicted molar refractivity (Wildman–Crippen MR) is 58.6 cm³/mol. The van der Waals surface area contributed by atoms with Crippen LogP contribution in [0.15, 0.2) is 6.20 Å². The van der Waals surface area contributed by atoms with E-state index in [4.69, 9.17) is 5.73 Å². The van der Waals surface area contributed by atoms with Crippen LogP contribution in [0.25, 0.3) is 0 Å². The highest BCUT2D eigenvalue weighted by Gasteiger charge is 2.14. The highest BCUT2D eigenvalue weighted by atomic mass is 16.2. The molecule has 1 aromatic rings. The maximum atomic E-state index is 11.4. The number of carbonyl (C=O) groups is 2. The van der Waals surface area contributed by atoms with Gasteiger partial charge in [-0.15, -0.1) is 0 Å². The van der Waals surface area contributed by atoms with Crippen molar-refractivity contribution in [1.82, 2.24) is 15.1 Å². The lowest BCUT2D eigenvalue weighted by atomic mass is 10.4. The van der Waals surface area contributed by atoms with Crippen molar-refractivity contribution < 1.29 is 9.59 Å². The maximum absolute atomic E-state index is 11.4. The molecule has 16 heavy (non-hydrogen) atoms. The molecule has 1 rings (SSSR count). The summed E-state index contributed by atoms with van der Waals surface area (Å²) in [5.74, 6) is -1.42. The van der Waals surface area contributed by atoms with Gasteiger partial charge >= 0.3 is 11.8 Å². The highest BCUT2D eigenvalue weighted by molar-refractivity contribution is 6.39. The molecule has 0 saturated carbocycles. The molecule has 0 saturated heterocycles. The number of aromatic nitrogens is 2. The fourth-order valence-electron chi connectivity index (χ4n) is 1.17. The second-order valence-electron chi connectivity index (χ2n) is 3.30. The maximum Gasteiger partial charge on any atom is 0.313 e. The Labute approximate surface area is 93.0 Å². The molecule has 2 amide bonds. The summed E-state index contributed by atoms with van der Waals surface area (Å²) in [7, 11) is 1.73. The highest BCUT2D eigenvalue weighted by Crippen LogP contribution is 2.10. The molecule has 88 valence electrons. The van der Waals surface area contributed by atoms with E-state index in [0.717, 1.165) is 0 Å². The Morgan fingerprint density at radius 2 is 2.19 bits per heavy atom. The lowest BCUT2D eigenvalue weighted by Crippen LogP contribution is -2.38. The van der Waals surface area contributed by atoms with E-state index < -0.39 is 11.8 Å². The summed E-state index contributed by atoms with van der Waals surface area (Å²) in [6.45, 7) is 2.32. The number of nitrogens with zero attached hydrogens (tertiary/aromatic N) is 2. The summed E-state index contributed by atoms with van der Waals surface area (Å²) in [4.78, 5) is 22.6. The predicted octanol–water partition coefficient (Wildman–Crippen LogP) is -1.26. The number of anilines is 1. The third-order valence-corrected chi connectivity index (χ3v) is 1.90. The van der Waals surface area contributed by atoms with E-state index >= 15 is 0 Å². The summed E-state index contributed by atoms with van der Waals surface area (Å²) in [6.07, 6.45) is 1.63. The third-order valence-electron chi connectivity index (χ3n) is 1.90. The Kier molecular flexibility index (Phi) is 4.01. The summed E-state index contributed by atoms with van der Waals surface area (Å²) >= 11 is 0. The van der Waals surface area contributed by atoms with Gasteiger partial charge in [-0.05, 0) is 6.92 Å². The molecule has 0 aromatic carbocycles. The first-order chi connectivity index (χ1) is 7.54. The molecule has 4 N–H and O–H groups in total. The van der Waals surface area contributed by atoms with Crippen molar-refractivity contribution in [1.29, 1.82) is 0 Å². The van der Waals surface area contributed by atoms with Crippen molar-refractivity contribution in [3.8, 4) is 0 Å². The average Bonchev–Trinajstić information content (AvgIpc) is 2.53. The van der Waals surface area contributed by atoms with Gasteiger partial charge < -0.3 is 16.4 Å². The van der Waals surface area contributed by atoms with Crippen molar-refractivity contribution in [2.75, 3.05) is 18.4 Å². The molecule has 0 radical (unpaired) electrons. The van der Waals surface area contributed by atoms with Crippen LogP contribution >= 0.6 is 0 Å². The summed E-state index contributed by atoms with van der Waals surface area (Å²) in [5, 5.41) is 8.88. The van der Waals surface area contributed by atoms with E-state index in [-0.39, 0.29) is 6.54 Å². The Morgan fingerprint density at radius 1 is 1.50 bits per heavy atom. The van der Waals surface area contributed by atoms with Crippen molar-refractivity contribution >= 4 is 17.5 Å². The minimum Gasteiger partial charge on any atom is -0.347 e. The van der Waals surface area contributed by atoms with Gasteiger partial charge in [0.25, 0.3) is 0 Å². The van der Waals surface area contributed by atoms with E-state index in [9.17, 15) is 9.59 Å². The average molecular weight is 225 g/mol. The number of hydrogen-bond donors (Lipinski definition) is 3. The van der Waals surface area contributed by atoms with E-state index in [1.54, 1.807) is 24.9 Å². The minimum atomic E-state index is -0.718. The standard InChI is InChI=1S/C9H15N5O2/c1-6-7(5-14(2)13-6)12-9(16)8(15)11-4-3-10/h5H,3-4,10H2,1-2H3,(H,11,15)(H,12,16). The van der Waals surface area contributed by atoms with Crippen molar-refractivity contribution in [2.45, 2.75) is 6.92 Å². The van der Waals surface area contributed by atoms with E-state index in [2.05, 4.69) is 15.7 Å². The first-order valence-electron chi connectivity index (χ1n) is 4.84. The quantitative estimate of drug-likeness (QED) is 0.559. The van der Waals surface area contributed by atoms with Gasteiger partial charge in [-0.2, -0.15) is 5.10 Å². The fourth-order valence-corrected chi connectivity index (χ4v) is 1.17. The Morgan fingerprint density at radius 3 is 2.69 bits per heavy atom. The second kappa shape index (κ2) is 5.26. The molecule has 0 spiro atoms. The number of nitrogens with one attached hydrogen (secondary N) is 2. The van der Waals surface area contributed by atoms with E-state index in [1.807, 2.05) is 0 Å². The van der Waals surface area contributed by atoms with Crippen LogP contribution in [0.3, 0.4) is 0 Å². The van der Waals surface area contributed by atoms with Crippen LogP contribution in [-0.2, 0) is 16.6 Å². The van der Waals surface area contributed by atoms with Gasteiger partial charge in [-0.1, -0.05) is 0 Å². The number of amides is 2. The number of rotatable bonds is 3. The third kappa shape index (κ3) is 3.06. The summed E-state index contributed by atoms with van der Waals surface area (Å²) in [6, 6.07) is 0. The largest absolute Gasteiger partial charge is 0.347 e. The summed E-state index contributed by atoms with van der Waals surface area (Å²) in [5.41, 5.74) is 6.38. The van der Waals surface area contributed by atoms with Crippen LogP contribution in [0.5, 0.6) is 0 Å². The number of nitrogens with two attached hydrogens (primary N) is 1. The van der Waals surface area contributed by atoms with Gasteiger partial charge in [0.1, 0.15) is 0 Å². The molecule has 7 heteroatoms. The minimum absolute atomic E-state index is 0.276. The molecule has 0 atom stereocenters. The van der Waals surface area contributed by atoms with Gasteiger partial charge in [-0.25, -0.2) is 0 Å². The van der Waals surface area contributed by atoms with Crippen molar-refractivity contribution in [3.63, 3.8) is 0 Å². The molecule has 0 fully saturated rings. The SMILES string of the molecule is Cc1nn(C)cc1NC(=O)C(=O)NCCN. The normalized spacial score (nSPS) is 9.94. The van der Waals surface area contributed by atoms with Gasteiger partial charge in [0.2, 0.25) is 0 Å². The zero-order valence-corrected chi connectivity index (χ0v) is 9.28. The molecule has 1 aromatic heterocycles. The summed E-state index contributed by atoms with van der Waals surface area (Å²) < 4.78 is 1.56. The molecular formula is C9H15N5O2. The molecular weight excluding hydrogens is 210 g/mol. The van der Waals surface area contributed by atoms with Gasteiger partial charge in [-0.3, -0.25) is 14.3 Å². The van der Waals surface area contributed by atoms with Crippen LogP contribution in [-0.4, -0.2) is 34.7 Å². The smallest absolute Gasteiger partial charge is 0.313 e.